The van der Waals surface area contributed by atoms with Crippen LogP contribution in [0.4, 0.5) is 0 Å². The number of amides is 2. The highest BCUT2D eigenvalue weighted by Gasteiger charge is 2.29. The fraction of sp³-hybridized carbons (Fsp3) is 0.0769. The third-order valence-corrected chi connectivity index (χ3v) is 5.77. The summed E-state index contributed by atoms with van der Waals surface area (Å²) in [5.41, 5.74) is 2.32. The van der Waals surface area contributed by atoms with E-state index in [2.05, 4.69) is 5.32 Å². The first-order chi connectivity index (χ1) is 15.4. The van der Waals surface area contributed by atoms with Crippen molar-refractivity contribution in [2.45, 2.75) is 13.3 Å². The monoisotopic (exact) mass is 422 g/mol. The normalized spacial score (nSPS) is 15.5. The SMILES string of the molecule is Cc1c(/C=C2/C(=O)CC(=O)NC2=O)c2ccccc2n1C(=O)c1ccc2ccccc2c1. The van der Waals surface area contributed by atoms with E-state index in [0.29, 0.717) is 22.3 Å². The van der Waals surface area contributed by atoms with Crippen molar-refractivity contribution in [1.82, 2.24) is 9.88 Å². The third-order valence-electron chi connectivity index (χ3n) is 5.77. The number of nitrogens with one attached hydrogen (secondary N) is 1. The number of nitrogens with zero attached hydrogens (tertiary/aromatic N) is 1. The minimum atomic E-state index is -0.719. The molecule has 2 amide bonds. The number of Topliss-reactive ketones (excluding diaryl/α,β-unsaturated/α-hetero) is 1. The first kappa shape index (κ1) is 19.6. The van der Waals surface area contributed by atoms with Crippen LogP contribution in [-0.2, 0) is 14.4 Å². The van der Waals surface area contributed by atoms with Crippen LogP contribution in [0.3, 0.4) is 0 Å². The van der Waals surface area contributed by atoms with Gasteiger partial charge < -0.3 is 0 Å². The summed E-state index contributed by atoms with van der Waals surface area (Å²) in [4.78, 5) is 49.6. The van der Waals surface area contributed by atoms with Crippen molar-refractivity contribution in [3.05, 3.63) is 89.1 Å². The molecule has 2 heterocycles. The number of fused-ring (bicyclic) bond motifs is 2. The van der Waals surface area contributed by atoms with Gasteiger partial charge in [0.05, 0.1) is 17.5 Å². The van der Waals surface area contributed by atoms with Crippen LogP contribution in [0.25, 0.3) is 27.8 Å². The van der Waals surface area contributed by atoms with Gasteiger partial charge in [0.1, 0.15) is 0 Å². The molecule has 0 aliphatic carbocycles. The van der Waals surface area contributed by atoms with Crippen LogP contribution < -0.4 is 5.32 Å². The first-order valence-electron chi connectivity index (χ1n) is 10.2. The van der Waals surface area contributed by atoms with E-state index < -0.39 is 17.6 Å². The lowest BCUT2D eigenvalue weighted by Crippen LogP contribution is -2.40. The van der Waals surface area contributed by atoms with Crippen LogP contribution in [0, 0.1) is 6.92 Å². The Labute approximate surface area is 183 Å². The first-order valence-corrected chi connectivity index (χ1v) is 10.2. The Hall–Kier alpha value is -4.32. The second-order valence-corrected chi connectivity index (χ2v) is 7.75. The molecule has 1 aliphatic rings. The molecular weight excluding hydrogens is 404 g/mol. The number of hydrogen-bond donors (Lipinski definition) is 1. The zero-order chi connectivity index (χ0) is 22.4. The van der Waals surface area contributed by atoms with Crippen LogP contribution in [0.5, 0.6) is 0 Å². The molecule has 0 spiro atoms. The van der Waals surface area contributed by atoms with E-state index in [1.165, 1.54) is 6.08 Å². The number of hydrogen-bond acceptors (Lipinski definition) is 4. The standard InChI is InChI=1S/C26H18N2O4/c1-15-20(13-21-23(29)14-24(30)27-25(21)31)19-8-4-5-9-22(19)28(15)26(32)18-11-10-16-6-2-3-7-17(16)12-18/h2-13H,14H2,1H3,(H,27,30,31)/b21-13-. The molecule has 1 saturated heterocycles. The summed E-state index contributed by atoms with van der Waals surface area (Å²) in [6.45, 7) is 1.78. The van der Waals surface area contributed by atoms with Crippen LogP contribution >= 0.6 is 0 Å². The number of imide groups is 1. The highest BCUT2D eigenvalue weighted by atomic mass is 16.2. The largest absolute Gasteiger partial charge is 0.293 e. The van der Waals surface area contributed by atoms with Crippen LogP contribution in [-0.4, -0.2) is 28.1 Å². The minimum absolute atomic E-state index is 0.0891. The molecular formula is C26H18N2O4. The summed E-state index contributed by atoms with van der Waals surface area (Å²) in [6.07, 6.45) is 1.11. The molecule has 0 radical (unpaired) electrons. The predicted octanol–water partition coefficient (Wildman–Crippen LogP) is 3.79. The summed E-state index contributed by atoms with van der Waals surface area (Å²) in [6, 6.07) is 20.7. The maximum Gasteiger partial charge on any atom is 0.262 e. The lowest BCUT2D eigenvalue weighted by Gasteiger charge is -2.12. The van der Waals surface area contributed by atoms with Crippen molar-refractivity contribution >= 4 is 51.3 Å². The van der Waals surface area contributed by atoms with Crippen molar-refractivity contribution < 1.29 is 19.2 Å². The Morgan fingerprint density at radius 3 is 2.44 bits per heavy atom. The molecule has 6 nitrogen and oxygen atoms in total. The fourth-order valence-corrected chi connectivity index (χ4v) is 4.18. The molecule has 6 heteroatoms. The van der Waals surface area contributed by atoms with Crippen molar-refractivity contribution in [1.29, 1.82) is 0 Å². The number of piperidine rings is 1. The number of ketones is 1. The summed E-state index contributed by atoms with van der Waals surface area (Å²) in [5.74, 6) is -2.06. The Morgan fingerprint density at radius 1 is 0.938 bits per heavy atom. The van der Waals surface area contributed by atoms with Crippen molar-refractivity contribution in [3.63, 3.8) is 0 Å². The van der Waals surface area contributed by atoms with E-state index in [9.17, 15) is 19.2 Å². The van der Waals surface area contributed by atoms with Gasteiger partial charge in [0.25, 0.3) is 11.8 Å². The number of carbonyl (C=O) groups excluding carboxylic acids is 4. The van der Waals surface area contributed by atoms with Crippen LogP contribution in [0.15, 0.2) is 72.3 Å². The lowest BCUT2D eigenvalue weighted by atomic mass is 9.99. The number of benzene rings is 3. The highest BCUT2D eigenvalue weighted by Crippen LogP contribution is 2.30. The van der Waals surface area contributed by atoms with Gasteiger partial charge in [0.2, 0.25) is 5.91 Å². The topological polar surface area (TPSA) is 85.2 Å². The predicted molar refractivity (Wildman–Crippen MR) is 121 cm³/mol. The maximum absolute atomic E-state index is 13.6. The Balaban J connectivity index is 1.68. The molecule has 1 fully saturated rings. The molecule has 1 aliphatic heterocycles. The van der Waals surface area contributed by atoms with Gasteiger partial charge in [0, 0.05) is 22.2 Å². The summed E-state index contributed by atoms with van der Waals surface area (Å²) in [5, 5.41) is 4.92. The van der Waals surface area contributed by atoms with Gasteiger partial charge in [0.15, 0.2) is 5.78 Å². The number of para-hydroxylation sites is 1. The molecule has 32 heavy (non-hydrogen) atoms. The lowest BCUT2D eigenvalue weighted by molar-refractivity contribution is -0.134. The molecule has 0 saturated carbocycles. The number of carbonyl (C=O) groups is 4. The van der Waals surface area contributed by atoms with E-state index in [0.717, 1.165) is 16.2 Å². The fourth-order valence-electron chi connectivity index (χ4n) is 4.18. The quantitative estimate of drug-likeness (QED) is 0.231. The van der Waals surface area contributed by atoms with Crippen LogP contribution in [0.2, 0.25) is 0 Å². The molecule has 156 valence electrons. The zero-order valence-electron chi connectivity index (χ0n) is 17.2. The van der Waals surface area contributed by atoms with E-state index in [1.54, 1.807) is 17.6 Å². The third kappa shape index (κ3) is 3.13. The number of aromatic nitrogens is 1. The smallest absolute Gasteiger partial charge is 0.262 e. The molecule has 1 aromatic heterocycles. The molecule has 4 aromatic rings. The Kier molecular flexibility index (Phi) is 4.56. The van der Waals surface area contributed by atoms with Gasteiger partial charge in [-0.05, 0) is 42.0 Å². The van der Waals surface area contributed by atoms with E-state index in [4.69, 9.17) is 0 Å². The van der Waals surface area contributed by atoms with Gasteiger partial charge in [-0.1, -0.05) is 48.5 Å². The second kappa shape index (κ2) is 7.42. The molecule has 0 unspecified atom stereocenters. The van der Waals surface area contributed by atoms with Crippen molar-refractivity contribution in [2.75, 3.05) is 0 Å². The van der Waals surface area contributed by atoms with E-state index in [1.807, 2.05) is 60.7 Å². The average molecular weight is 422 g/mol. The zero-order valence-corrected chi connectivity index (χ0v) is 17.2. The molecule has 0 bridgehead atoms. The van der Waals surface area contributed by atoms with Gasteiger partial charge in [-0.2, -0.15) is 0 Å². The number of rotatable bonds is 2. The highest BCUT2D eigenvalue weighted by molar-refractivity contribution is 6.33. The Bertz CT molecular complexity index is 1490. The average Bonchev–Trinajstić information content (AvgIpc) is 3.06. The minimum Gasteiger partial charge on any atom is -0.293 e. The van der Waals surface area contributed by atoms with E-state index in [-0.39, 0.29) is 17.9 Å². The molecule has 5 rings (SSSR count). The van der Waals surface area contributed by atoms with Gasteiger partial charge in [-0.25, -0.2) is 0 Å². The molecule has 0 atom stereocenters. The van der Waals surface area contributed by atoms with Gasteiger partial charge in [-0.3, -0.25) is 29.1 Å². The van der Waals surface area contributed by atoms with E-state index >= 15 is 0 Å². The second-order valence-electron chi connectivity index (χ2n) is 7.75. The van der Waals surface area contributed by atoms with Crippen LogP contribution in [0.1, 0.15) is 28.0 Å². The van der Waals surface area contributed by atoms with Crippen molar-refractivity contribution in [3.8, 4) is 0 Å². The summed E-state index contributed by atoms with van der Waals surface area (Å²) in [7, 11) is 0. The molecule has 3 aromatic carbocycles. The van der Waals surface area contributed by atoms with Crippen molar-refractivity contribution in [2.24, 2.45) is 0 Å². The summed E-state index contributed by atoms with van der Waals surface area (Å²) >= 11 is 0. The van der Waals surface area contributed by atoms with Gasteiger partial charge in [-0.15, -0.1) is 0 Å². The maximum atomic E-state index is 13.6. The Morgan fingerprint density at radius 2 is 1.66 bits per heavy atom. The molecule has 1 N–H and O–H groups in total. The summed E-state index contributed by atoms with van der Waals surface area (Å²) < 4.78 is 1.60. The van der Waals surface area contributed by atoms with Gasteiger partial charge >= 0.3 is 0 Å².